The van der Waals surface area contributed by atoms with E-state index in [9.17, 15) is 9.59 Å². The molecule has 2 fully saturated rings. The van der Waals surface area contributed by atoms with Crippen LogP contribution >= 0.6 is 0 Å². The molecule has 0 radical (unpaired) electrons. The Morgan fingerprint density at radius 3 is 2.46 bits per heavy atom. The first-order valence-electron chi connectivity index (χ1n) is 8.68. The molecule has 1 aromatic carbocycles. The van der Waals surface area contributed by atoms with Crippen LogP contribution in [-0.2, 0) is 9.53 Å². The number of hydrogen-bond acceptors (Lipinski definition) is 4. The van der Waals surface area contributed by atoms with Crippen LogP contribution in [0.4, 0.5) is 5.69 Å². The van der Waals surface area contributed by atoms with Gasteiger partial charge in [0.25, 0.3) is 5.91 Å². The van der Waals surface area contributed by atoms with Gasteiger partial charge < -0.3 is 19.9 Å². The van der Waals surface area contributed by atoms with Crippen molar-refractivity contribution in [2.75, 3.05) is 44.3 Å². The van der Waals surface area contributed by atoms with Crippen LogP contribution in [0.2, 0.25) is 0 Å². The van der Waals surface area contributed by atoms with Gasteiger partial charge in [-0.15, -0.1) is 0 Å². The second kappa shape index (κ2) is 7.66. The number of nitrogens with zero attached hydrogens (tertiary/aromatic N) is 2. The number of carbonyl (C=O) groups is 2. The molecule has 2 aliphatic heterocycles. The summed E-state index contributed by atoms with van der Waals surface area (Å²) in [6.45, 7) is 6.22. The first-order chi connectivity index (χ1) is 11.7. The number of hydrogen-bond donors (Lipinski definition) is 1. The predicted octanol–water partition coefficient (Wildman–Crippen LogP) is 1.26. The molecule has 0 aliphatic carbocycles. The number of amides is 2. The molecular weight excluding hydrogens is 306 g/mol. The van der Waals surface area contributed by atoms with Crippen molar-refractivity contribution in [1.82, 2.24) is 10.2 Å². The Morgan fingerprint density at radius 1 is 1.08 bits per heavy atom. The van der Waals surface area contributed by atoms with Crippen LogP contribution in [-0.4, -0.2) is 62.1 Å². The maximum Gasteiger partial charge on any atom is 0.254 e. The minimum absolute atomic E-state index is 0.00436. The van der Waals surface area contributed by atoms with E-state index >= 15 is 0 Å². The zero-order chi connectivity index (χ0) is 16.9. The summed E-state index contributed by atoms with van der Waals surface area (Å²) in [5.41, 5.74) is 1.51. The molecule has 2 aliphatic rings. The van der Waals surface area contributed by atoms with E-state index in [1.165, 1.54) is 0 Å². The van der Waals surface area contributed by atoms with Crippen molar-refractivity contribution >= 4 is 17.5 Å². The molecule has 0 saturated carbocycles. The molecule has 2 saturated heterocycles. The average molecular weight is 331 g/mol. The summed E-state index contributed by atoms with van der Waals surface area (Å²) in [4.78, 5) is 29.1. The number of likely N-dealkylation sites (tertiary alicyclic amines) is 1. The lowest BCUT2D eigenvalue weighted by Crippen LogP contribution is -2.46. The standard InChI is InChI=1S/C18H25N3O3/c1-14(18(23)21-8-4-5-9-21)19-17(22)15-6-2-3-7-16(15)20-10-12-24-13-11-20/h2-3,6-7,14H,4-5,8-13H2,1H3,(H,19,22)/t14-/m1/s1. The third kappa shape index (κ3) is 3.70. The van der Waals surface area contributed by atoms with Gasteiger partial charge in [-0.05, 0) is 31.9 Å². The first kappa shape index (κ1) is 16.8. The highest BCUT2D eigenvalue weighted by Crippen LogP contribution is 2.21. The molecule has 1 aromatic rings. The number of carbonyl (C=O) groups excluding carboxylic acids is 2. The van der Waals surface area contributed by atoms with Gasteiger partial charge >= 0.3 is 0 Å². The normalized spacial score (nSPS) is 19.2. The van der Waals surface area contributed by atoms with Crippen LogP contribution in [0.25, 0.3) is 0 Å². The smallest absolute Gasteiger partial charge is 0.254 e. The van der Waals surface area contributed by atoms with Crippen molar-refractivity contribution in [1.29, 1.82) is 0 Å². The third-order valence-electron chi connectivity index (χ3n) is 4.64. The Kier molecular flexibility index (Phi) is 5.35. The molecule has 6 nitrogen and oxygen atoms in total. The van der Waals surface area contributed by atoms with Crippen LogP contribution in [0.1, 0.15) is 30.1 Å². The lowest BCUT2D eigenvalue weighted by atomic mass is 10.1. The maximum atomic E-state index is 12.7. The van der Waals surface area contributed by atoms with E-state index in [-0.39, 0.29) is 11.8 Å². The van der Waals surface area contributed by atoms with Gasteiger partial charge in [0.1, 0.15) is 6.04 Å². The summed E-state index contributed by atoms with van der Waals surface area (Å²) in [6, 6.07) is 7.04. The molecule has 2 amide bonds. The van der Waals surface area contributed by atoms with E-state index in [0.29, 0.717) is 18.8 Å². The maximum absolute atomic E-state index is 12.7. The number of anilines is 1. The van der Waals surface area contributed by atoms with Crippen molar-refractivity contribution in [2.45, 2.75) is 25.8 Å². The van der Waals surface area contributed by atoms with Crippen molar-refractivity contribution in [2.24, 2.45) is 0 Å². The summed E-state index contributed by atoms with van der Waals surface area (Å²) in [5.74, 6) is -0.193. The molecule has 0 unspecified atom stereocenters. The molecule has 1 atom stereocenters. The fraction of sp³-hybridized carbons (Fsp3) is 0.556. The molecular formula is C18H25N3O3. The monoisotopic (exact) mass is 331 g/mol. The van der Waals surface area contributed by atoms with Gasteiger partial charge in [0, 0.05) is 31.9 Å². The average Bonchev–Trinajstić information content (AvgIpc) is 3.16. The highest BCUT2D eigenvalue weighted by molar-refractivity contribution is 6.02. The Morgan fingerprint density at radius 2 is 1.75 bits per heavy atom. The molecule has 24 heavy (non-hydrogen) atoms. The van der Waals surface area contributed by atoms with E-state index in [2.05, 4.69) is 10.2 Å². The van der Waals surface area contributed by atoms with Gasteiger partial charge in [0.2, 0.25) is 5.91 Å². The number of morpholine rings is 1. The van der Waals surface area contributed by atoms with Gasteiger partial charge in [-0.1, -0.05) is 12.1 Å². The summed E-state index contributed by atoms with van der Waals surface area (Å²) in [6.07, 6.45) is 2.10. The fourth-order valence-electron chi connectivity index (χ4n) is 3.29. The first-order valence-corrected chi connectivity index (χ1v) is 8.68. The Labute approximate surface area is 142 Å². The van der Waals surface area contributed by atoms with Gasteiger partial charge in [0.15, 0.2) is 0 Å². The molecule has 130 valence electrons. The van der Waals surface area contributed by atoms with Gasteiger partial charge in [0.05, 0.1) is 18.8 Å². The number of benzene rings is 1. The summed E-state index contributed by atoms with van der Waals surface area (Å²) < 4.78 is 5.38. The zero-order valence-corrected chi connectivity index (χ0v) is 14.2. The second-order valence-electron chi connectivity index (χ2n) is 6.34. The fourth-order valence-corrected chi connectivity index (χ4v) is 3.29. The van der Waals surface area contributed by atoms with Crippen molar-refractivity contribution in [3.05, 3.63) is 29.8 Å². The highest BCUT2D eigenvalue weighted by atomic mass is 16.5. The molecule has 2 heterocycles. The van der Waals surface area contributed by atoms with Crippen molar-refractivity contribution < 1.29 is 14.3 Å². The summed E-state index contributed by atoms with van der Waals surface area (Å²) in [5, 5.41) is 2.86. The van der Waals surface area contributed by atoms with E-state index < -0.39 is 6.04 Å². The minimum atomic E-state index is -0.506. The lowest BCUT2D eigenvalue weighted by Gasteiger charge is -2.30. The molecule has 6 heteroatoms. The third-order valence-corrected chi connectivity index (χ3v) is 4.64. The van der Waals surface area contributed by atoms with Crippen LogP contribution in [0.15, 0.2) is 24.3 Å². The number of rotatable bonds is 4. The molecule has 0 aromatic heterocycles. The minimum Gasteiger partial charge on any atom is -0.378 e. The molecule has 0 spiro atoms. The Balaban J connectivity index is 1.69. The molecule has 0 bridgehead atoms. The van der Waals surface area contributed by atoms with Crippen molar-refractivity contribution in [3.63, 3.8) is 0 Å². The van der Waals surface area contributed by atoms with Crippen LogP contribution < -0.4 is 10.2 Å². The lowest BCUT2D eigenvalue weighted by molar-refractivity contribution is -0.131. The highest BCUT2D eigenvalue weighted by Gasteiger charge is 2.26. The van der Waals surface area contributed by atoms with Crippen LogP contribution in [0.3, 0.4) is 0 Å². The van der Waals surface area contributed by atoms with Crippen molar-refractivity contribution in [3.8, 4) is 0 Å². The van der Waals surface area contributed by atoms with Crippen LogP contribution in [0.5, 0.6) is 0 Å². The Bertz CT molecular complexity index is 593. The van der Waals surface area contributed by atoms with E-state index in [1.807, 2.05) is 29.2 Å². The Hall–Kier alpha value is -2.08. The van der Waals surface area contributed by atoms with Gasteiger partial charge in [-0.2, -0.15) is 0 Å². The van der Waals surface area contributed by atoms with Gasteiger partial charge in [-0.3, -0.25) is 9.59 Å². The summed E-state index contributed by atoms with van der Waals surface area (Å²) in [7, 11) is 0. The number of ether oxygens (including phenoxy) is 1. The van der Waals surface area contributed by atoms with E-state index in [0.717, 1.165) is 44.7 Å². The SMILES string of the molecule is C[C@@H](NC(=O)c1ccccc1N1CCOCC1)C(=O)N1CCCC1. The largest absolute Gasteiger partial charge is 0.378 e. The predicted molar refractivity (Wildman–Crippen MR) is 92.2 cm³/mol. The zero-order valence-electron chi connectivity index (χ0n) is 14.2. The van der Waals surface area contributed by atoms with E-state index in [1.54, 1.807) is 6.92 Å². The van der Waals surface area contributed by atoms with Crippen LogP contribution in [0, 0.1) is 0 Å². The quantitative estimate of drug-likeness (QED) is 0.902. The topological polar surface area (TPSA) is 61.9 Å². The summed E-state index contributed by atoms with van der Waals surface area (Å²) >= 11 is 0. The van der Waals surface area contributed by atoms with E-state index in [4.69, 9.17) is 4.74 Å². The molecule has 1 N–H and O–H groups in total. The second-order valence-corrected chi connectivity index (χ2v) is 6.34. The number of para-hydroxylation sites is 1. The molecule has 3 rings (SSSR count). The van der Waals surface area contributed by atoms with Gasteiger partial charge in [-0.25, -0.2) is 0 Å². The number of nitrogens with one attached hydrogen (secondary N) is 1.